The summed E-state index contributed by atoms with van der Waals surface area (Å²) in [5, 5.41) is 7.23. The Kier molecular flexibility index (Phi) is 4.94. The van der Waals surface area contributed by atoms with Crippen LogP contribution in [0.3, 0.4) is 0 Å². The summed E-state index contributed by atoms with van der Waals surface area (Å²) < 4.78 is 40.7. The van der Waals surface area contributed by atoms with Crippen LogP contribution in [0.5, 0.6) is 0 Å². The molecule has 0 radical (unpaired) electrons. The number of nitrogens with two attached hydrogens (primary N) is 1. The van der Waals surface area contributed by atoms with Crippen molar-refractivity contribution < 1.29 is 13.2 Å². The minimum absolute atomic E-state index is 0.253. The molecule has 3 N–H and O–H groups in total. The molecule has 0 unspecified atom stereocenters. The van der Waals surface area contributed by atoms with E-state index in [1.165, 1.54) is 12.4 Å². The molecule has 148 valence electrons. The summed E-state index contributed by atoms with van der Waals surface area (Å²) in [4.78, 5) is 6.59. The molecule has 2 aromatic heterocycles. The lowest BCUT2D eigenvalue weighted by atomic mass is 10.1. The molecule has 0 aliphatic carbocycles. The zero-order valence-electron chi connectivity index (χ0n) is 15.2. The third-order valence-electron chi connectivity index (χ3n) is 5.02. The summed E-state index contributed by atoms with van der Waals surface area (Å²) in [5.74, 6) is 0.475. The highest BCUT2D eigenvalue weighted by atomic mass is 19.4. The maximum Gasteiger partial charge on any atom is 0.416 e. The average Bonchev–Trinajstić information content (AvgIpc) is 3.07. The van der Waals surface area contributed by atoms with Crippen molar-refractivity contribution in [1.82, 2.24) is 19.5 Å². The Bertz CT molecular complexity index is 960. The number of aromatic nitrogens is 3. The predicted octanol–water partition coefficient (Wildman–Crippen LogP) is 3.41. The molecule has 1 saturated heterocycles. The van der Waals surface area contributed by atoms with E-state index >= 15 is 0 Å². The van der Waals surface area contributed by atoms with Crippen LogP contribution in [-0.4, -0.2) is 38.6 Å². The van der Waals surface area contributed by atoms with Crippen molar-refractivity contribution in [3.05, 3.63) is 54.0 Å². The minimum atomic E-state index is -4.39. The standard InChI is InChI=1S/C19H21F3N6/c20-19(21,22)14-2-1-3-16(10-14)26-18-17-13(4-9-28(17)25-12-24-18)11-27-7-5-15(23)6-8-27/h1-4,9-10,12,15H,5-8,11,23H2,(H,24,25,26). The summed E-state index contributed by atoms with van der Waals surface area (Å²) in [6, 6.07) is 7.30. The number of hydrogen-bond acceptors (Lipinski definition) is 5. The number of rotatable bonds is 4. The van der Waals surface area contributed by atoms with Gasteiger partial charge in [-0.05, 0) is 55.8 Å². The minimum Gasteiger partial charge on any atom is -0.338 e. The second-order valence-corrected chi connectivity index (χ2v) is 7.06. The Labute approximate surface area is 160 Å². The van der Waals surface area contributed by atoms with E-state index in [0.29, 0.717) is 18.1 Å². The lowest BCUT2D eigenvalue weighted by Crippen LogP contribution is -2.39. The largest absolute Gasteiger partial charge is 0.416 e. The van der Waals surface area contributed by atoms with Gasteiger partial charge in [-0.3, -0.25) is 4.90 Å². The van der Waals surface area contributed by atoms with Gasteiger partial charge in [0.15, 0.2) is 5.82 Å². The van der Waals surface area contributed by atoms with Gasteiger partial charge in [0, 0.05) is 24.5 Å². The molecular formula is C19H21F3N6. The summed E-state index contributed by atoms with van der Waals surface area (Å²) in [5.41, 5.74) is 7.37. The van der Waals surface area contributed by atoms with Crippen molar-refractivity contribution in [2.24, 2.45) is 5.73 Å². The van der Waals surface area contributed by atoms with Gasteiger partial charge in [0.05, 0.1) is 5.56 Å². The van der Waals surface area contributed by atoms with Crippen molar-refractivity contribution in [2.45, 2.75) is 31.6 Å². The maximum absolute atomic E-state index is 13.0. The number of nitrogens with one attached hydrogen (secondary N) is 1. The molecule has 0 amide bonds. The topological polar surface area (TPSA) is 71.5 Å². The van der Waals surface area contributed by atoms with Gasteiger partial charge in [-0.1, -0.05) is 6.07 Å². The predicted molar refractivity (Wildman–Crippen MR) is 100 cm³/mol. The molecule has 0 atom stereocenters. The quantitative estimate of drug-likeness (QED) is 0.714. The molecule has 9 heteroatoms. The first-order valence-corrected chi connectivity index (χ1v) is 9.13. The van der Waals surface area contributed by atoms with Crippen LogP contribution in [0.15, 0.2) is 42.9 Å². The van der Waals surface area contributed by atoms with E-state index in [4.69, 9.17) is 5.73 Å². The smallest absolute Gasteiger partial charge is 0.338 e. The number of benzene rings is 1. The molecule has 28 heavy (non-hydrogen) atoms. The molecule has 4 rings (SSSR count). The van der Waals surface area contributed by atoms with Crippen LogP contribution < -0.4 is 11.1 Å². The van der Waals surface area contributed by atoms with Crippen LogP contribution in [0.4, 0.5) is 24.7 Å². The SMILES string of the molecule is NC1CCN(Cc2ccn3ncnc(Nc4cccc(C(F)(F)F)c4)c23)CC1. The lowest BCUT2D eigenvalue weighted by Gasteiger charge is -2.29. The van der Waals surface area contributed by atoms with E-state index in [-0.39, 0.29) is 6.04 Å². The number of anilines is 2. The molecule has 0 spiro atoms. The van der Waals surface area contributed by atoms with E-state index in [1.54, 1.807) is 10.6 Å². The van der Waals surface area contributed by atoms with Gasteiger partial charge in [-0.25, -0.2) is 9.50 Å². The average molecular weight is 390 g/mol. The first kappa shape index (κ1) is 18.7. The van der Waals surface area contributed by atoms with Crippen LogP contribution >= 0.6 is 0 Å². The number of piperidine rings is 1. The first-order valence-electron chi connectivity index (χ1n) is 9.13. The second kappa shape index (κ2) is 7.40. The van der Waals surface area contributed by atoms with Gasteiger partial charge in [0.25, 0.3) is 0 Å². The van der Waals surface area contributed by atoms with Crippen molar-refractivity contribution in [3.63, 3.8) is 0 Å². The summed E-state index contributed by atoms with van der Waals surface area (Å²) >= 11 is 0. The Balaban J connectivity index is 1.62. The van der Waals surface area contributed by atoms with E-state index in [2.05, 4.69) is 20.3 Å². The van der Waals surface area contributed by atoms with Gasteiger partial charge in [0.2, 0.25) is 0 Å². The molecule has 1 fully saturated rings. The Morgan fingerprint density at radius 2 is 1.96 bits per heavy atom. The summed E-state index contributed by atoms with van der Waals surface area (Å²) in [6.45, 7) is 2.55. The van der Waals surface area contributed by atoms with Crippen LogP contribution in [0.1, 0.15) is 24.0 Å². The molecular weight excluding hydrogens is 369 g/mol. The van der Waals surface area contributed by atoms with Crippen LogP contribution in [0, 0.1) is 0 Å². The second-order valence-electron chi connectivity index (χ2n) is 7.06. The Morgan fingerprint density at radius 3 is 2.71 bits per heavy atom. The maximum atomic E-state index is 13.0. The van der Waals surface area contributed by atoms with Crippen molar-refractivity contribution in [2.75, 3.05) is 18.4 Å². The molecule has 6 nitrogen and oxygen atoms in total. The number of likely N-dealkylation sites (tertiary alicyclic amines) is 1. The highest BCUT2D eigenvalue weighted by Crippen LogP contribution is 2.32. The van der Waals surface area contributed by atoms with E-state index in [0.717, 1.165) is 49.1 Å². The van der Waals surface area contributed by atoms with Crippen LogP contribution in [0.2, 0.25) is 0 Å². The first-order chi connectivity index (χ1) is 13.4. The highest BCUT2D eigenvalue weighted by Gasteiger charge is 2.30. The van der Waals surface area contributed by atoms with Crippen molar-refractivity contribution >= 4 is 17.0 Å². The fourth-order valence-corrected chi connectivity index (χ4v) is 3.50. The molecule has 0 bridgehead atoms. The summed E-state index contributed by atoms with van der Waals surface area (Å²) in [6.07, 6.45) is 0.731. The molecule has 1 aliphatic rings. The fourth-order valence-electron chi connectivity index (χ4n) is 3.50. The molecule has 0 saturated carbocycles. The molecule has 1 aromatic carbocycles. The number of alkyl halides is 3. The van der Waals surface area contributed by atoms with E-state index < -0.39 is 11.7 Å². The van der Waals surface area contributed by atoms with Crippen molar-refractivity contribution in [1.29, 1.82) is 0 Å². The lowest BCUT2D eigenvalue weighted by molar-refractivity contribution is -0.137. The number of hydrogen-bond donors (Lipinski definition) is 2. The van der Waals surface area contributed by atoms with Crippen LogP contribution in [-0.2, 0) is 12.7 Å². The number of fused-ring (bicyclic) bond motifs is 1. The van der Waals surface area contributed by atoms with Gasteiger partial charge in [-0.2, -0.15) is 18.3 Å². The van der Waals surface area contributed by atoms with Gasteiger partial charge >= 0.3 is 6.18 Å². The zero-order valence-corrected chi connectivity index (χ0v) is 15.2. The third kappa shape index (κ3) is 3.95. The fraction of sp³-hybridized carbons (Fsp3) is 0.368. The van der Waals surface area contributed by atoms with Crippen molar-refractivity contribution in [3.8, 4) is 0 Å². The third-order valence-corrected chi connectivity index (χ3v) is 5.02. The van der Waals surface area contributed by atoms with E-state index in [1.807, 2.05) is 12.3 Å². The van der Waals surface area contributed by atoms with Gasteiger partial charge in [-0.15, -0.1) is 0 Å². The van der Waals surface area contributed by atoms with Gasteiger partial charge in [0.1, 0.15) is 11.8 Å². The van der Waals surface area contributed by atoms with E-state index in [9.17, 15) is 13.2 Å². The van der Waals surface area contributed by atoms with Crippen LogP contribution in [0.25, 0.3) is 5.52 Å². The summed E-state index contributed by atoms with van der Waals surface area (Å²) in [7, 11) is 0. The number of halogens is 3. The molecule has 3 aromatic rings. The molecule has 1 aliphatic heterocycles. The van der Waals surface area contributed by atoms with Gasteiger partial charge < -0.3 is 11.1 Å². The molecule has 3 heterocycles. The monoisotopic (exact) mass is 390 g/mol. The Hall–Kier alpha value is -2.65. The normalized spacial score (nSPS) is 16.6. The number of nitrogens with zero attached hydrogens (tertiary/aromatic N) is 4. The highest BCUT2D eigenvalue weighted by molar-refractivity contribution is 5.76. The Morgan fingerprint density at radius 1 is 1.18 bits per heavy atom. The zero-order chi connectivity index (χ0) is 19.7.